The second kappa shape index (κ2) is 10.3. The average Bonchev–Trinajstić information content (AvgIpc) is 2.40. The van der Waals surface area contributed by atoms with Gasteiger partial charge in [0.15, 0.2) is 0 Å². The molecule has 0 spiro atoms. The molecule has 0 aromatic heterocycles. The third kappa shape index (κ3) is 6.95. The van der Waals surface area contributed by atoms with E-state index in [1.54, 1.807) is 0 Å². The van der Waals surface area contributed by atoms with Gasteiger partial charge in [-0.1, -0.05) is 31.9 Å². The number of hydrogen-bond donors (Lipinski definition) is 1. The fraction of sp³-hybridized carbons (Fsp3) is 0.625. The van der Waals surface area contributed by atoms with Gasteiger partial charge in [0.05, 0.1) is 0 Å². The van der Waals surface area contributed by atoms with Crippen molar-refractivity contribution < 1.29 is 0 Å². The number of thioether (sulfide) groups is 1. The fourth-order valence-electron chi connectivity index (χ4n) is 1.97. The Morgan fingerprint density at radius 3 is 2.44 bits per heavy atom. The molecule has 2 heteroatoms. The minimum atomic E-state index is 1.09. The summed E-state index contributed by atoms with van der Waals surface area (Å²) in [7, 11) is 0. The van der Waals surface area contributed by atoms with Crippen LogP contribution in [0, 0.1) is 0 Å². The molecule has 1 nitrogen and oxygen atoms in total. The number of anilines is 1. The molecule has 0 aliphatic rings. The number of nitrogens with one attached hydrogen (secondary N) is 1. The fourth-order valence-corrected chi connectivity index (χ4v) is 2.47. The van der Waals surface area contributed by atoms with Gasteiger partial charge in [0, 0.05) is 12.2 Å². The van der Waals surface area contributed by atoms with Gasteiger partial charge in [0.2, 0.25) is 0 Å². The Bertz CT molecular complexity index is 294. The molecule has 0 bridgehead atoms. The van der Waals surface area contributed by atoms with Gasteiger partial charge in [-0.15, -0.1) is 0 Å². The van der Waals surface area contributed by atoms with E-state index in [1.807, 2.05) is 11.8 Å². The molecule has 0 unspecified atom stereocenters. The largest absolute Gasteiger partial charge is 0.385 e. The van der Waals surface area contributed by atoms with Crippen LogP contribution in [0.15, 0.2) is 24.3 Å². The van der Waals surface area contributed by atoms with Crippen LogP contribution in [0.2, 0.25) is 0 Å². The predicted octanol–water partition coefficient (Wildman–Crippen LogP) is 4.97. The van der Waals surface area contributed by atoms with Crippen LogP contribution < -0.4 is 5.32 Å². The molecule has 1 aromatic rings. The van der Waals surface area contributed by atoms with Gasteiger partial charge >= 0.3 is 0 Å². The smallest absolute Gasteiger partial charge is 0.0340 e. The summed E-state index contributed by atoms with van der Waals surface area (Å²) in [6, 6.07) is 8.96. The van der Waals surface area contributed by atoms with Crippen molar-refractivity contribution in [2.75, 3.05) is 23.9 Å². The van der Waals surface area contributed by atoms with Gasteiger partial charge in [0.1, 0.15) is 0 Å². The molecule has 18 heavy (non-hydrogen) atoms. The molecule has 1 aromatic carbocycles. The zero-order chi connectivity index (χ0) is 13.1. The first-order valence-electron chi connectivity index (χ1n) is 7.18. The van der Waals surface area contributed by atoms with E-state index in [9.17, 15) is 0 Å². The molecule has 0 radical (unpaired) electrons. The summed E-state index contributed by atoms with van der Waals surface area (Å²) in [6.07, 6.45) is 9.93. The second-order valence-electron chi connectivity index (χ2n) is 4.78. The number of aryl methyl sites for hydroxylation is 1. The van der Waals surface area contributed by atoms with Crippen molar-refractivity contribution >= 4 is 17.4 Å². The summed E-state index contributed by atoms with van der Waals surface area (Å²) in [5.41, 5.74) is 2.73. The van der Waals surface area contributed by atoms with Crippen LogP contribution in [-0.2, 0) is 6.42 Å². The van der Waals surface area contributed by atoms with Crippen LogP contribution in [0.3, 0.4) is 0 Å². The van der Waals surface area contributed by atoms with Gasteiger partial charge in [-0.2, -0.15) is 11.8 Å². The molecule has 0 aliphatic carbocycles. The van der Waals surface area contributed by atoms with Crippen LogP contribution >= 0.6 is 11.8 Å². The van der Waals surface area contributed by atoms with Crippen molar-refractivity contribution in [2.24, 2.45) is 0 Å². The molecule has 1 N–H and O–H groups in total. The lowest BCUT2D eigenvalue weighted by molar-refractivity contribution is 0.717. The summed E-state index contributed by atoms with van der Waals surface area (Å²) >= 11 is 1.93. The lowest BCUT2D eigenvalue weighted by Gasteiger charge is -2.07. The van der Waals surface area contributed by atoms with E-state index in [1.165, 1.54) is 55.5 Å². The topological polar surface area (TPSA) is 12.0 Å². The van der Waals surface area contributed by atoms with E-state index >= 15 is 0 Å². The molecular weight excluding hydrogens is 238 g/mol. The normalized spacial score (nSPS) is 10.6. The zero-order valence-corrected chi connectivity index (χ0v) is 12.7. The highest BCUT2D eigenvalue weighted by Gasteiger charge is 1.95. The Kier molecular flexibility index (Phi) is 8.83. The summed E-state index contributed by atoms with van der Waals surface area (Å²) in [4.78, 5) is 0. The molecule has 0 fully saturated rings. The Balaban J connectivity index is 2.19. The Hall–Kier alpha value is -0.630. The molecule has 0 saturated carbocycles. The van der Waals surface area contributed by atoms with E-state index in [2.05, 4.69) is 42.8 Å². The maximum atomic E-state index is 3.49. The molecule has 0 atom stereocenters. The van der Waals surface area contributed by atoms with E-state index < -0.39 is 0 Å². The molecule has 0 amide bonds. The summed E-state index contributed by atoms with van der Waals surface area (Å²) in [6.45, 7) is 3.35. The zero-order valence-electron chi connectivity index (χ0n) is 11.9. The van der Waals surface area contributed by atoms with Crippen LogP contribution in [-0.4, -0.2) is 18.6 Å². The summed E-state index contributed by atoms with van der Waals surface area (Å²) < 4.78 is 0. The van der Waals surface area contributed by atoms with Gasteiger partial charge < -0.3 is 5.32 Å². The van der Waals surface area contributed by atoms with E-state index in [0.717, 1.165) is 6.54 Å². The SMILES string of the molecule is CCCCCc1ccc(NCCCCSC)cc1. The van der Waals surface area contributed by atoms with Crippen molar-refractivity contribution in [3.63, 3.8) is 0 Å². The maximum Gasteiger partial charge on any atom is 0.0340 e. The third-order valence-electron chi connectivity index (χ3n) is 3.13. The number of unbranched alkanes of at least 4 members (excludes halogenated alkanes) is 3. The highest BCUT2D eigenvalue weighted by atomic mass is 32.2. The number of benzene rings is 1. The minimum Gasteiger partial charge on any atom is -0.385 e. The van der Waals surface area contributed by atoms with E-state index in [-0.39, 0.29) is 0 Å². The Morgan fingerprint density at radius 2 is 1.78 bits per heavy atom. The molecule has 0 aliphatic heterocycles. The van der Waals surface area contributed by atoms with Gasteiger partial charge in [-0.05, 0) is 55.4 Å². The molecular formula is C16H27NS. The minimum absolute atomic E-state index is 1.09. The van der Waals surface area contributed by atoms with Crippen molar-refractivity contribution in [3.05, 3.63) is 29.8 Å². The van der Waals surface area contributed by atoms with Crippen molar-refractivity contribution in [2.45, 2.75) is 45.4 Å². The lowest BCUT2D eigenvalue weighted by Crippen LogP contribution is -2.01. The van der Waals surface area contributed by atoms with Gasteiger partial charge in [0.25, 0.3) is 0 Å². The van der Waals surface area contributed by atoms with Crippen LogP contribution in [0.5, 0.6) is 0 Å². The highest BCUT2D eigenvalue weighted by Crippen LogP contribution is 2.12. The van der Waals surface area contributed by atoms with Crippen LogP contribution in [0.25, 0.3) is 0 Å². The van der Waals surface area contributed by atoms with Crippen LogP contribution in [0.1, 0.15) is 44.6 Å². The molecule has 102 valence electrons. The lowest BCUT2D eigenvalue weighted by atomic mass is 10.1. The number of rotatable bonds is 10. The monoisotopic (exact) mass is 265 g/mol. The van der Waals surface area contributed by atoms with E-state index in [0.29, 0.717) is 0 Å². The summed E-state index contributed by atoms with van der Waals surface area (Å²) in [5, 5.41) is 3.49. The molecule has 0 heterocycles. The standard InChI is InChI=1S/C16H27NS/c1-3-4-5-8-15-9-11-16(12-10-15)17-13-6-7-14-18-2/h9-12,17H,3-8,13-14H2,1-2H3. The average molecular weight is 265 g/mol. The van der Waals surface area contributed by atoms with Crippen LogP contribution in [0.4, 0.5) is 5.69 Å². The summed E-state index contributed by atoms with van der Waals surface area (Å²) in [5.74, 6) is 1.28. The quantitative estimate of drug-likeness (QED) is 0.599. The van der Waals surface area contributed by atoms with E-state index in [4.69, 9.17) is 0 Å². The Morgan fingerprint density at radius 1 is 1.00 bits per heavy atom. The first-order valence-corrected chi connectivity index (χ1v) is 8.58. The Labute approximate surface area is 117 Å². The second-order valence-corrected chi connectivity index (χ2v) is 5.77. The highest BCUT2D eigenvalue weighted by molar-refractivity contribution is 7.98. The van der Waals surface area contributed by atoms with Crippen molar-refractivity contribution in [3.8, 4) is 0 Å². The first-order chi connectivity index (χ1) is 8.86. The van der Waals surface area contributed by atoms with Crippen molar-refractivity contribution in [1.29, 1.82) is 0 Å². The third-order valence-corrected chi connectivity index (χ3v) is 3.82. The predicted molar refractivity (Wildman–Crippen MR) is 85.8 cm³/mol. The van der Waals surface area contributed by atoms with Gasteiger partial charge in [-0.25, -0.2) is 0 Å². The molecule has 1 rings (SSSR count). The molecule has 0 saturated heterocycles. The van der Waals surface area contributed by atoms with Crippen molar-refractivity contribution in [1.82, 2.24) is 0 Å². The maximum absolute atomic E-state index is 3.49. The van der Waals surface area contributed by atoms with Gasteiger partial charge in [-0.3, -0.25) is 0 Å². The first kappa shape index (κ1) is 15.4. The number of hydrogen-bond acceptors (Lipinski definition) is 2.